The second-order valence-electron chi connectivity index (χ2n) is 9.88. The van der Waals surface area contributed by atoms with Gasteiger partial charge in [0.25, 0.3) is 0 Å². The summed E-state index contributed by atoms with van der Waals surface area (Å²) in [6.45, 7) is 0.603. The number of fused-ring (bicyclic) bond motifs is 1. The summed E-state index contributed by atoms with van der Waals surface area (Å²) < 4.78 is 60.1. The highest BCUT2D eigenvalue weighted by atomic mass is 32.2. The summed E-state index contributed by atoms with van der Waals surface area (Å²) in [5.74, 6) is -2.55. The number of carbonyl (C=O) groups is 1. The van der Waals surface area contributed by atoms with Crippen LogP contribution in [0.5, 0.6) is 5.75 Å². The van der Waals surface area contributed by atoms with E-state index in [1.165, 1.54) is 13.3 Å². The average Bonchev–Trinajstić information content (AvgIpc) is 2.96. The molecule has 0 aliphatic carbocycles. The number of aliphatic hydroxyl groups excluding tert-OH is 1. The first-order valence-electron chi connectivity index (χ1n) is 12.8. The summed E-state index contributed by atoms with van der Waals surface area (Å²) in [4.78, 5) is 18.9. The molecule has 2 aromatic carbocycles. The molecule has 3 aromatic rings. The van der Waals surface area contributed by atoms with E-state index in [-0.39, 0.29) is 23.3 Å². The Bertz CT molecular complexity index is 1330. The number of methoxy groups -OCH3 is 1. The second-order valence-corrected chi connectivity index (χ2v) is 11.0. The zero-order chi connectivity index (χ0) is 28.9. The number of rotatable bonds is 11. The first kappa shape index (κ1) is 30.0. The Balaban J connectivity index is 1.42. The number of likely N-dealkylation sites (tertiary alicyclic amines) is 1. The fraction of sp³-hybridized carbons (Fsp3) is 0.429. The Kier molecular flexibility index (Phi) is 9.88. The third-order valence-electron chi connectivity index (χ3n) is 7.59. The number of halogens is 4. The van der Waals surface area contributed by atoms with Crippen molar-refractivity contribution in [2.24, 2.45) is 5.41 Å². The highest BCUT2D eigenvalue weighted by Gasteiger charge is 2.41. The predicted octanol–water partition coefficient (Wildman–Crippen LogP) is 5.32. The van der Waals surface area contributed by atoms with Gasteiger partial charge in [-0.05, 0) is 62.5 Å². The highest BCUT2D eigenvalue weighted by Crippen LogP contribution is 2.40. The van der Waals surface area contributed by atoms with Gasteiger partial charge in [0.2, 0.25) is 5.91 Å². The SMILES string of the molecule is COc1ccc2ncc(CF)c([C@H](O)CCC3(C(=O)NO)CCN(CCSc4c(F)cc(F)cc4F)CC3)c2c1. The van der Waals surface area contributed by atoms with Crippen molar-refractivity contribution in [1.29, 1.82) is 0 Å². The van der Waals surface area contributed by atoms with Crippen molar-refractivity contribution in [3.05, 3.63) is 65.1 Å². The van der Waals surface area contributed by atoms with E-state index < -0.39 is 41.6 Å². The zero-order valence-corrected chi connectivity index (χ0v) is 22.7. The zero-order valence-electron chi connectivity index (χ0n) is 21.9. The number of hydroxylamine groups is 1. The van der Waals surface area contributed by atoms with E-state index in [0.29, 0.717) is 72.6 Å². The molecule has 1 atom stereocenters. The number of pyridine rings is 1. The van der Waals surface area contributed by atoms with E-state index in [4.69, 9.17) is 4.74 Å². The summed E-state index contributed by atoms with van der Waals surface area (Å²) in [5.41, 5.74) is 2.00. The first-order chi connectivity index (χ1) is 19.2. The lowest BCUT2D eigenvalue weighted by molar-refractivity contribution is -0.143. The molecule has 0 saturated carbocycles. The fourth-order valence-corrected chi connectivity index (χ4v) is 6.22. The second kappa shape index (κ2) is 13.2. The predicted molar refractivity (Wildman–Crippen MR) is 142 cm³/mol. The van der Waals surface area contributed by atoms with Gasteiger partial charge in [0.15, 0.2) is 0 Å². The van der Waals surface area contributed by atoms with Crippen molar-refractivity contribution in [1.82, 2.24) is 15.4 Å². The minimum absolute atomic E-state index is 0.135. The molecule has 0 spiro atoms. The standard InChI is InChI=1S/C28H31F4N3O4S/c1-39-19-2-3-23-20(14-19)25(17(15-29)16-33-23)24(36)4-5-28(27(37)34-38)6-8-35(9-7-28)10-11-40-26-21(31)12-18(30)13-22(26)32/h2-3,12-14,16,24,36,38H,4-11,15H2,1H3,(H,34,37)/t24-/m1/s1. The molecule has 4 rings (SSSR count). The van der Waals surface area contributed by atoms with Crippen LogP contribution in [0.2, 0.25) is 0 Å². The van der Waals surface area contributed by atoms with Crippen LogP contribution in [0.3, 0.4) is 0 Å². The van der Waals surface area contributed by atoms with Crippen LogP contribution in [0.25, 0.3) is 10.9 Å². The summed E-state index contributed by atoms with van der Waals surface area (Å²) >= 11 is 0.950. The number of nitrogens with zero attached hydrogens (tertiary/aromatic N) is 2. The van der Waals surface area contributed by atoms with Crippen molar-refractivity contribution in [2.45, 2.75) is 43.4 Å². The summed E-state index contributed by atoms with van der Waals surface area (Å²) in [7, 11) is 1.51. The van der Waals surface area contributed by atoms with Crippen molar-refractivity contribution in [2.75, 3.05) is 32.5 Å². The number of thioether (sulfide) groups is 1. The van der Waals surface area contributed by atoms with Crippen LogP contribution in [0.4, 0.5) is 17.6 Å². The molecule has 40 heavy (non-hydrogen) atoms. The van der Waals surface area contributed by atoms with Gasteiger partial charge in [-0.2, -0.15) is 0 Å². The Hall–Kier alpha value is -2.93. The van der Waals surface area contributed by atoms with Gasteiger partial charge >= 0.3 is 0 Å². The molecule has 1 saturated heterocycles. The number of amides is 1. The maximum absolute atomic E-state index is 13.9. The smallest absolute Gasteiger partial charge is 0.249 e. The number of nitrogens with one attached hydrogen (secondary N) is 1. The largest absolute Gasteiger partial charge is 0.497 e. The molecule has 1 aliphatic rings. The lowest BCUT2D eigenvalue weighted by atomic mass is 9.73. The lowest BCUT2D eigenvalue weighted by Gasteiger charge is -2.40. The van der Waals surface area contributed by atoms with Crippen LogP contribution in [-0.2, 0) is 11.5 Å². The van der Waals surface area contributed by atoms with E-state index >= 15 is 0 Å². The van der Waals surface area contributed by atoms with Gasteiger partial charge in [-0.15, -0.1) is 11.8 Å². The number of hydrogen-bond acceptors (Lipinski definition) is 7. The third kappa shape index (κ3) is 6.51. The normalized spacial score (nSPS) is 16.2. The molecule has 2 heterocycles. The number of alkyl halides is 1. The molecular formula is C28H31F4N3O4S. The average molecular weight is 582 g/mol. The summed E-state index contributed by atoms with van der Waals surface area (Å²) in [6, 6.07) is 6.42. The van der Waals surface area contributed by atoms with E-state index in [1.54, 1.807) is 23.7 Å². The topological polar surface area (TPSA) is 94.9 Å². The number of aliphatic hydroxyl groups is 1. The third-order valence-corrected chi connectivity index (χ3v) is 8.65. The van der Waals surface area contributed by atoms with Crippen molar-refractivity contribution in [3.63, 3.8) is 0 Å². The van der Waals surface area contributed by atoms with Crippen LogP contribution >= 0.6 is 11.8 Å². The molecule has 1 aromatic heterocycles. The van der Waals surface area contributed by atoms with Crippen LogP contribution in [0, 0.1) is 22.9 Å². The minimum atomic E-state index is -1.10. The molecule has 1 aliphatic heterocycles. The lowest BCUT2D eigenvalue weighted by Crippen LogP contribution is -2.48. The van der Waals surface area contributed by atoms with Gasteiger partial charge < -0.3 is 14.7 Å². The highest BCUT2D eigenvalue weighted by molar-refractivity contribution is 7.99. The number of aromatic nitrogens is 1. The molecule has 0 bridgehead atoms. The van der Waals surface area contributed by atoms with Crippen LogP contribution in [0.15, 0.2) is 41.4 Å². The van der Waals surface area contributed by atoms with Crippen LogP contribution in [-0.4, -0.2) is 58.6 Å². The van der Waals surface area contributed by atoms with E-state index in [2.05, 4.69) is 4.98 Å². The fourth-order valence-electron chi connectivity index (χ4n) is 5.28. The summed E-state index contributed by atoms with van der Waals surface area (Å²) in [5, 5.41) is 21.2. The molecule has 0 unspecified atom stereocenters. The minimum Gasteiger partial charge on any atom is -0.497 e. The van der Waals surface area contributed by atoms with Gasteiger partial charge in [0.05, 0.1) is 29.0 Å². The number of benzene rings is 2. The monoisotopic (exact) mass is 581 g/mol. The molecule has 0 radical (unpaired) electrons. The van der Waals surface area contributed by atoms with E-state index in [1.807, 2.05) is 4.90 Å². The Morgan fingerprint density at radius 2 is 1.90 bits per heavy atom. The number of hydrogen-bond donors (Lipinski definition) is 3. The maximum atomic E-state index is 13.9. The Labute approximate surface area is 233 Å². The van der Waals surface area contributed by atoms with Crippen molar-refractivity contribution >= 4 is 28.6 Å². The quantitative estimate of drug-likeness (QED) is 0.122. The molecule has 1 fully saturated rings. The molecular weight excluding hydrogens is 550 g/mol. The van der Waals surface area contributed by atoms with Gasteiger partial charge in [-0.25, -0.2) is 23.0 Å². The van der Waals surface area contributed by atoms with Gasteiger partial charge in [0.1, 0.15) is 29.9 Å². The van der Waals surface area contributed by atoms with Gasteiger partial charge in [-0.3, -0.25) is 15.0 Å². The molecule has 3 N–H and O–H groups in total. The van der Waals surface area contributed by atoms with Gasteiger partial charge in [0, 0.05) is 41.6 Å². The van der Waals surface area contributed by atoms with Crippen LogP contribution < -0.4 is 10.2 Å². The summed E-state index contributed by atoms with van der Waals surface area (Å²) in [6.07, 6.45) is 1.41. The van der Waals surface area contributed by atoms with Crippen molar-refractivity contribution in [3.8, 4) is 5.75 Å². The molecule has 1 amide bonds. The van der Waals surface area contributed by atoms with Crippen molar-refractivity contribution < 1.29 is 37.4 Å². The first-order valence-corrected chi connectivity index (χ1v) is 13.8. The number of ether oxygens (including phenoxy) is 1. The van der Waals surface area contributed by atoms with Gasteiger partial charge in [-0.1, -0.05) is 0 Å². The number of carbonyl (C=O) groups excluding carboxylic acids is 1. The van der Waals surface area contributed by atoms with E-state index in [0.717, 1.165) is 11.8 Å². The maximum Gasteiger partial charge on any atom is 0.249 e. The Morgan fingerprint density at radius 1 is 1.20 bits per heavy atom. The molecule has 7 nitrogen and oxygen atoms in total. The van der Waals surface area contributed by atoms with E-state index in [9.17, 15) is 32.7 Å². The van der Waals surface area contributed by atoms with Crippen LogP contribution in [0.1, 0.15) is 42.9 Å². The Morgan fingerprint density at radius 3 is 2.52 bits per heavy atom. The number of piperidine rings is 1. The molecule has 216 valence electrons. The molecule has 12 heteroatoms.